The van der Waals surface area contributed by atoms with Crippen LogP contribution in [-0.4, -0.2) is 18.6 Å². The molecule has 1 heterocycles. The number of ether oxygens (including phenoxy) is 1. The first-order chi connectivity index (χ1) is 8.20. The fraction of sp³-hybridized carbons (Fsp3) is 0.308. The second-order valence-corrected chi connectivity index (χ2v) is 4.05. The molecule has 4 heteroatoms. The van der Waals surface area contributed by atoms with Gasteiger partial charge in [0.25, 0.3) is 0 Å². The van der Waals surface area contributed by atoms with Crippen LogP contribution in [0.1, 0.15) is 12.1 Å². The van der Waals surface area contributed by atoms with Gasteiger partial charge in [-0.3, -0.25) is 0 Å². The van der Waals surface area contributed by atoms with Crippen LogP contribution in [0.25, 0.3) is 0 Å². The highest BCUT2D eigenvalue weighted by molar-refractivity contribution is 5.34. The Balaban J connectivity index is 2.35. The average molecular weight is 234 g/mol. The van der Waals surface area contributed by atoms with Crippen LogP contribution in [-0.2, 0) is 10.2 Å². The SMILES string of the molecule is COC1=CCC(CN)(c2cccc(F)n2)C=C1. The van der Waals surface area contributed by atoms with Gasteiger partial charge in [0.1, 0.15) is 5.76 Å². The molecular formula is C13H15FN2O. The maximum Gasteiger partial charge on any atom is 0.213 e. The molecule has 17 heavy (non-hydrogen) atoms. The molecule has 2 rings (SSSR count). The third kappa shape index (κ3) is 2.22. The summed E-state index contributed by atoms with van der Waals surface area (Å²) in [6, 6.07) is 4.78. The number of methoxy groups -OCH3 is 1. The molecule has 2 N–H and O–H groups in total. The van der Waals surface area contributed by atoms with Crippen LogP contribution in [0.5, 0.6) is 0 Å². The number of aromatic nitrogens is 1. The van der Waals surface area contributed by atoms with Gasteiger partial charge in [0.15, 0.2) is 0 Å². The number of allylic oxidation sites excluding steroid dienone is 2. The Kier molecular flexibility index (Phi) is 3.24. The number of hydrogen-bond acceptors (Lipinski definition) is 3. The van der Waals surface area contributed by atoms with Gasteiger partial charge in [0.2, 0.25) is 5.95 Å². The van der Waals surface area contributed by atoms with E-state index in [2.05, 4.69) is 4.98 Å². The second kappa shape index (κ2) is 4.67. The Labute approximate surface area is 99.8 Å². The molecule has 0 aliphatic heterocycles. The minimum absolute atomic E-state index is 0.382. The van der Waals surface area contributed by atoms with Gasteiger partial charge in [-0.2, -0.15) is 4.39 Å². The van der Waals surface area contributed by atoms with Crippen LogP contribution >= 0.6 is 0 Å². The fourth-order valence-corrected chi connectivity index (χ4v) is 1.94. The van der Waals surface area contributed by atoms with Gasteiger partial charge in [0.05, 0.1) is 12.8 Å². The van der Waals surface area contributed by atoms with Crippen molar-refractivity contribution in [1.82, 2.24) is 4.98 Å². The molecule has 0 saturated heterocycles. The molecule has 1 aliphatic carbocycles. The quantitative estimate of drug-likeness (QED) is 0.813. The maximum absolute atomic E-state index is 13.2. The predicted molar refractivity (Wildman–Crippen MR) is 63.8 cm³/mol. The summed E-state index contributed by atoms with van der Waals surface area (Å²) in [4.78, 5) is 3.92. The van der Waals surface area contributed by atoms with E-state index >= 15 is 0 Å². The third-order valence-corrected chi connectivity index (χ3v) is 3.06. The average Bonchev–Trinajstić information content (AvgIpc) is 2.39. The number of halogens is 1. The van der Waals surface area contributed by atoms with Gasteiger partial charge >= 0.3 is 0 Å². The van der Waals surface area contributed by atoms with Crippen LogP contribution in [0.4, 0.5) is 4.39 Å². The van der Waals surface area contributed by atoms with Gasteiger partial charge < -0.3 is 10.5 Å². The van der Waals surface area contributed by atoms with Crippen LogP contribution in [0.2, 0.25) is 0 Å². The number of nitrogens with zero attached hydrogens (tertiary/aromatic N) is 1. The zero-order valence-corrected chi connectivity index (χ0v) is 9.69. The number of nitrogens with two attached hydrogens (primary N) is 1. The highest BCUT2D eigenvalue weighted by Crippen LogP contribution is 2.32. The van der Waals surface area contributed by atoms with Crippen molar-refractivity contribution in [2.75, 3.05) is 13.7 Å². The number of hydrogen-bond donors (Lipinski definition) is 1. The monoisotopic (exact) mass is 234 g/mol. The van der Waals surface area contributed by atoms with Crippen molar-refractivity contribution in [3.05, 3.63) is 53.8 Å². The Morgan fingerprint density at radius 3 is 2.88 bits per heavy atom. The second-order valence-electron chi connectivity index (χ2n) is 4.05. The highest BCUT2D eigenvalue weighted by Gasteiger charge is 2.31. The Hall–Kier alpha value is -1.68. The lowest BCUT2D eigenvalue weighted by atomic mass is 9.78. The van der Waals surface area contributed by atoms with E-state index in [-0.39, 0.29) is 0 Å². The van der Waals surface area contributed by atoms with Crippen LogP contribution in [0, 0.1) is 5.95 Å². The summed E-state index contributed by atoms with van der Waals surface area (Å²) in [7, 11) is 1.62. The number of pyridine rings is 1. The molecule has 0 spiro atoms. The molecule has 1 aromatic heterocycles. The topological polar surface area (TPSA) is 48.1 Å². The standard InChI is InChI=1S/C13H15FN2O/c1-17-10-5-7-13(9-15,8-6-10)11-3-2-4-12(14)16-11/h2-7H,8-9,15H2,1H3. The molecule has 1 aliphatic rings. The molecule has 0 aromatic carbocycles. The molecule has 0 radical (unpaired) electrons. The summed E-state index contributed by atoms with van der Waals surface area (Å²) in [5, 5.41) is 0. The molecule has 1 unspecified atom stereocenters. The number of rotatable bonds is 3. The van der Waals surface area contributed by atoms with Crippen molar-refractivity contribution >= 4 is 0 Å². The van der Waals surface area contributed by atoms with E-state index in [4.69, 9.17) is 10.5 Å². The lowest BCUT2D eigenvalue weighted by Gasteiger charge is -2.30. The Bertz CT molecular complexity index is 470. The van der Waals surface area contributed by atoms with Crippen molar-refractivity contribution in [3.8, 4) is 0 Å². The molecule has 0 saturated carbocycles. The molecule has 1 atom stereocenters. The summed E-state index contributed by atoms with van der Waals surface area (Å²) in [5.41, 5.74) is 6.05. The Morgan fingerprint density at radius 2 is 2.35 bits per heavy atom. The zero-order valence-electron chi connectivity index (χ0n) is 9.69. The third-order valence-electron chi connectivity index (χ3n) is 3.06. The summed E-state index contributed by atoms with van der Waals surface area (Å²) >= 11 is 0. The molecule has 0 fully saturated rings. The molecule has 0 amide bonds. The molecule has 0 bridgehead atoms. The Morgan fingerprint density at radius 1 is 1.53 bits per heavy atom. The van der Waals surface area contributed by atoms with Crippen molar-refractivity contribution in [3.63, 3.8) is 0 Å². The maximum atomic E-state index is 13.2. The van der Waals surface area contributed by atoms with E-state index in [1.165, 1.54) is 6.07 Å². The summed E-state index contributed by atoms with van der Waals surface area (Å²) in [6.45, 7) is 0.382. The van der Waals surface area contributed by atoms with Crippen LogP contribution in [0.15, 0.2) is 42.2 Å². The normalized spacial score (nSPS) is 23.4. The van der Waals surface area contributed by atoms with E-state index < -0.39 is 11.4 Å². The first-order valence-electron chi connectivity index (χ1n) is 5.47. The minimum atomic E-state index is -0.481. The van der Waals surface area contributed by atoms with Gasteiger partial charge in [-0.25, -0.2) is 4.98 Å². The van der Waals surface area contributed by atoms with E-state index in [1.54, 1.807) is 19.2 Å². The van der Waals surface area contributed by atoms with Crippen molar-refractivity contribution in [1.29, 1.82) is 0 Å². The van der Waals surface area contributed by atoms with Gasteiger partial charge in [-0.1, -0.05) is 12.1 Å². The van der Waals surface area contributed by atoms with Crippen molar-refractivity contribution in [2.24, 2.45) is 5.73 Å². The minimum Gasteiger partial charge on any atom is -0.497 e. The highest BCUT2D eigenvalue weighted by atomic mass is 19.1. The van der Waals surface area contributed by atoms with E-state index in [0.29, 0.717) is 18.7 Å². The molecule has 3 nitrogen and oxygen atoms in total. The fourth-order valence-electron chi connectivity index (χ4n) is 1.94. The summed E-state index contributed by atoms with van der Waals surface area (Å²) in [6.07, 6.45) is 6.40. The predicted octanol–water partition coefficient (Wildman–Crippen LogP) is 1.91. The van der Waals surface area contributed by atoms with Crippen LogP contribution < -0.4 is 5.73 Å². The largest absolute Gasteiger partial charge is 0.497 e. The van der Waals surface area contributed by atoms with E-state index in [0.717, 1.165) is 5.76 Å². The lowest BCUT2D eigenvalue weighted by molar-refractivity contribution is 0.299. The molecular weight excluding hydrogens is 219 g/mol. The van der Waals surface area contributed by atoms with Crippen molar-refractivity contribution < 1.29 is 9.13 Å². The van der Waals surface area contributed by atoms with Gasteiger partial charge in [-0.05, 0) is 30.7 Å². The van der Waals surface area contributed by atoms with E-state index in [1.807, 2.05) is 18.2 Å². The first kappa shape index (κ1) is 11.8. The van der Waals surface area contributed by atoms with Crippen molar-refractivity contribution in [2.45, 2.75) is 11.8 Å². The molecule has 90 valence electrons. The lowest BCUT2D eigenvalue weighted by Crippen LogP contribution is -2.35. The molecule has 1 aromatic rings. The zero-order chi connectivity index (χ0) is 12.3. The first-order valence-corrected chi connectivity index (χ1v) is 5.47. The van der Waals surface area contributed by atoms with Gasteiger partial charge in [-0.15, -0.1) is 0 Å². The van der Waals surface area contributed by atoms with Crippen LogP contribution in [0.3, 0.4) is 0 Å². The smallest absolute Gasteiger partial charge is 0.213 e. The summed E-state index contributed by atoms with van der Waals surface area (Å²) < 4.78 is 18.3. The summed E-state index contributed by atoms with van der Waals surface area (Å²) in [5.74, 6) is 0.315. The van der Waals surface area contributed by atoms with Gasteiger partial charge in [0, 0.05) is 12.0 Å². The van der Waals surface area contributed by atoms with E-state index in [9.17, 15) is 4.39 Å².